The van der Waals surface area contributed by atoms with Gasteiger partial charge in [0, 0.05) is 17.7 Å². The van der Waals surface area contributed by atoms with Crippen LogP contribution in [0.25, 0.3) is 21.5 Å². The van der Waals surface area contributed by atoms with Crippen LogP contribution in [-0.2, 0) is 14.3 Å². The molecule has 1 saturated carbocycles. The summed E-state index contributed by atoms with van der Waals surface area (Å²) in [5.74, 6) is 0.742. The van der Waals surface area contributed by atoms with Gasteiger partial charge < -0.3 is 9.47 Å². The molecule has 0 atom stereocenters. The minimum absolute atomic E-state index is 0.117. The van der Waals surface area contributed by atoms with E-state index in [0.717, 1.165) is 47.2 Å². The number of thiophene rings is 1. The van der Waals surface area contributed by atoms with Gasteiger partial charge in [-0.1, -0.05) is 12.1 Å². The molecule has 1 aliphatic carbocycles. The van der Waals surface area contributed by atoms with E-state index in [2.05, 4.69) is 20.7 Å². The molecule has 0 unspecified atom stereocenters. The summed E-state index contributed by atoms with van der Waals surface area (Å²) in [6.07, 6.45) is 5.83. The number of benzene rings is 1. The number of rotatable bonds is 5. The third-order valence-corrected chi connectivity index (χ3v) is 7.15. The van der Waals surface area contributed by atoms with Gasteiger partial charge in [-0.05, 0) is 81.4 Å². The van der Waals surface area contributed by atoms with E-state index in [9.17, 15) is 9.59 Å². The molecule has 7 nitrogen and oxygen atoms in total. The van der Waals surface area contributed by atoms with Crippen molar-refractivity contribution in [2.75, 3.05) is 12.4 Å². The number of amides is 1. The lowest BCUT2D eigenvalue weighted by atomic mass is 9.78. The smallest absolute Gasteiger partial charge is 0.412 e. The lowest BCUT2D eigenvalue weighted by Crippen LogP contribution is -2.27. The molecule has 0 saturated heterocycles. The summed E-state index contributed by atoms with van der Waals surface area (Å²) in [4.78, 5) is 32.8. The Morgan fingerprint density at radius 1 is 1.09 bits per heavy atom. The van der Waals surface area contributed by atoms with Gasteiger partial charge in [0.1, 0.15) is 11.9 Å². The molecule has 1 amide bonds. The maximum Gasteiger partial charge on any atom is 0.412 e. The molecule has 34 heavy (non-hydrogen) atoms. The maximum absolute atomic E-state index is 12.0. The summed E-state index contributed by atoms with van der Waals surface area (Å²) in [5, 5.41) is 4.98. The van der Waals surface area contributed by atoms with Crippen LogP contribution < -0.4 is 5.32 Å². The largest absolute Gasteiger partial charge is 0.469 e. The highest BCUT2D eigenvalue weighted by molar-refractivity contribution is 7.17. The highest BCUT2D eigenvalue weighted by Crippen LogP contribution is 2.42. The first-order valence-corrected chi connectivity index (χ1v) is 12.5. The second-order valence-electron chi connectivity index (χ2n) is 9.79. The number of carbonyl (C=O) groups excluding carboxylic acids is 2. The predicted molar refractivity (Wildman–Crippen MR) is 134 cm³/mol. The average molecular weight is 482 g/mol. The molecule has 4 rings (SSSR count). The Labute approximate surface area is 203 Å². The predicted octanol–water partition coefficient (Wildman–Crippen LogP) is 6.54. The number of methoxy groups -OCH3 is 1. The normalized spacial score (nSPS) is 18.5. The van der Waals surface area contributed by atoms with E-state index in [0.29, 0.717) is 23.9 Å². The van der Waals surface area contributed by atoms with E-state index in [1.165, 1.54) is 12.7 Å². The van der Waals surface area contributed by atoms with Crippen LogP contribution in [-0.4, -0.2) is 34.7 Å². The van der Waals surface area contributed by atoms with E-state index >= 15 is 0 Å². The van der Waals surface area contributed by atoms with Crippen LogP contribution in [0, 0.1) is 5.92 Å². The third-order valence-electron chi connectivity index (χ3n) is 6.15. The topological polar surface area (TPSA) is 90.4 Å². The highest BCUT2D eigenvalue weighted by Gasteiger charge is 2.27. The van der Waals surface area contributed by atoms with Gasteiger partial charge in [-0.25, -0.2) is 14.8 Å². The Kier molecular flexibility index (Phi) is 7.16. The molecule has 0 spiro atoms. The second kappa shape index (κ2) is 10.1. The highest BCUT2D eigenvalue weighted by atomic mass is 32.1. The van der Waals surface area contributed by atoms with Gasteiger partial charge in [0.15, 0.2) is 0 Å². The lowest BCUT2D eigenvalue weighted by molar-refractivity contribution is -0.142. The minimum Gasteiger partial charge on any atom is -0.469 e. The molecule has 2 heterocycles. The maximum atomic E-state index is 12.0. The van der Waals surface area contributed by atoms with E-state index < -0.39 is 11.7 Å². The number of aromatic nitrogens is 2. The van der Waals surface area contributed by atoms with Gasteiger partial charge in [0.25, 0.3) is 0 Å². The Bertz CT molecular complexity index is 1160. The molecular weight excluding hydrogens is 450 g/mol. The first-order valence-electron chi connectivity index (χ1n) is 11.6. The van der Waals surface area contributed by atoms with Crippen molar-refractivity contribution in [1.29, 1.82) is 0 Å². The molecule has 8 heteroatoms. The standard InChI is InChI=1S/C26H31N3O4S/c1-26(2,3)33-25(31)29-19-11-9-18(10-12-19)22-24-23(28-15-27-22)20(14-34-24)17-7-5-16(6-8-17)13-21(30)32-4/h9-12,14-17H,5-8,13H2,1-4H3,(H,29,31). The van der Waals surface area contributed by atoms with Crippen LogP contribution >= 0.6 is 11.3 Å². The van der Waals surface area contributed by atoms with Crippen LogP contribution in [0.3, 0.4) is 0 Å². The Morgan fingerprint density at radius 3 is 2.44 bits per heavy atom. The number of carbonyl (C=O) groups is 2. The van der Waals surface area contributed by atoms with Crippen LogP contribution in [0.1, 0.15) is 64.4 Å². The van der Waals surface area contributed by atoms with Gasteiger partial charge in [-0.2, -0.15) is 0 Å². The molecule has 1 aliphatic rings. The van der Waals surface area contributed by atoms with E-state index in [1.807, 2.05) is 45.0 Å². The van der Waals surface area contributed by atoms with E-state index in [1.54, 1.807) is 17.7 Å². The number of fused-ring (bicyclic) bond motifs is 1. The average Bonchev–Trinajstić information content (AvgIpc) is 3.23. The fourth-order valence-electron chi connectivity index (χ4n) is 4.49. The number of hydrogen-bond acceptors (Lipinski definition) is 7. The molecule has 0 radical (unpaired) electrons. The number of anilines is 1. The number of esters is 1. The number of hydrogen-bond donors (Lipinski definition) is 1. The summed E-state index contributed by atoms with van der Waals surface area (Å²) in [5.41, 5.74) is 4.28. The van der Waals surface area contributed by atoms with Gasteiger partial charge >= 0.3 is 12.1 Å². The molecule has 0 bridgehead atoms. The SMILES string of the molecule is COC(=O)CC1CCC(c2csc3c(-c4ccc(NC(=O)OC(C)(C)C)cc4)ncnc23)CC1. The van der Waals surface area contributed by atoms with Crippen molar-refractivity contribution >= 4 is 39.3 Å². The van der Waals surface area contributed by atoms with Gasteiger partial charge in [-0.15, -0.1) is 11.3 Å². The van der Waals surface area contributed by atoms with Crippen molar-refractivity contribution in [2.45, 2.75) is 64.4 Å². The molecular formula is C26H31N3O4S. The van der Waals surface area contributed by atoms with Crippen molar-refractivity contribution in [3.8, 4) is 11.3 Å². The van der Waals surface area contributed by atoms with Gasteiger partial charge in [-0.3, -0.25) is 10.1 Å². The summed E-state index contributed by atoms with van der Waals surface area (Å²) in [7, 11) is 1.45. The molecule has 1 fully saturated rings. The summed E-state index contributed by atoms with van der Waals surface area (Å²) in [6, 6.07) is 7.60. The number of nitrogens with one attached hydrogen (secondary N) is 1. The summed E-state index contributed by atoms with van der Waals surface area (Å²) < 4.78 is 11.2. The number of nitrogens with zero attached hydrogens (tertiary/aromatic N) is 2. The fourth-order valence-corrected chi connectivity index (χ4v) is 5.61. The first-order chi connectivity index (χ1) is 16.2. The zero-order valence-electron chi connectivity index (χ0n) is 20.1. The van der Waals surface area contributed by atoms with Crippen molar-refractivity contribution in [1.82, 2.24) is 9.97 Å². The van der Waals surface area contributed by atoms with Crippen molar-refractivity contribution in [2.24, 2.45) is 5.92 Å². The number of ether oxygens (including phenoxy) is 2. The molecule has 180 valence electrons. The molecule has 0 aliphatic heterocycles. The lowest BCUT2D eigenvalue weighted by Gasteiger charge is -2.27. The van der Waals surface area contributed by atoms with Crippen molar-refractivity contribution < 1.29 is 19.1 Å². The van der Waals surface area contributed by atoms with E-state index in [-0.39, 0.29) is 5.97 Å². The van der Waals surface area contributed by atoms with Crippen LogP contribution in [0.15, 0.2) is 36.0 Å². The summed E-state index contributed by atoms with van der Waals surface area (Å²) in [6.45, 7) is 5.50. The molecule has 2 aromatic heterocycles. The van der Waals surface area contributed by atoms with Crippen LogP contribution in [0.2, 0.25) is 0 Å². The van der Waals surface area contributed by atoms with Crippen LogP contribution in [0.4, 0.5) is 10.5 Å². The molecule has 1 N–H and O–H groups in total. The second-order valence-corrected chi connectivity index (χ2v) is 10.7. The van der Waals surface area contributed by atoms with Gasteiger partial charge in [0.2, 0.25) is 0 Å². The first kappa shape index (κ1) is 24.1. The Balaban J connectivity index is 1.48. The zero-order chi connectivity index (χ0) is 24.3. The minimum atomic E-state index is -0.548. The zero-order valence-corrected chi connectivity index (χ0v) is 20.9. The molecule has 3 aromatic rings. The third kappa shape index (κ3) is 5.73. The van der Waals surface area contributed by atoms with Crippen molar-refractivity contribution in [3.63, 3.8) is 0 Å². The fraction of sp³-hybridized carbons (Fsp3) is 0.462. The Morgan fingerprint density at radius 2 is 1.79 bits per heavy atom. The summed E-state index contributed by atoms with van der Waals surface area (Å²) >= 11 is 1.68. The van der Waals surface area contributed by atoms with Crippen LogP contribution in [0.5, 0.6) is 0 Å². The monoisotopic (exact) mass is 481 g/mol. The Hall–Kier alpha value is -3.00. The van der Waals surface area contributed by atoms with Gasteiger partial charge in [0.05, 0.1) is 23.0 Å². The van der Waals surface area contributed by atoms with Crippen molar-refractivity contribution in [3.05, 3.63) is 41.5 Å². The van der Waals surface area contributed by atoms with E-state index in [4.69, 9.17) is 9.47 Å². The quantitative estimate of drug-likeness (QED) is 0.416. The molecule has 1 aromatic carbocycles.